The highest BCUT2D eigenvalue weighted by molar-refractivity contribution is 8.04. The molecule has 0 unspecified atom stereocenters. The Morgan fingerprint density at radius 1 is 0.688 bits per heavy atom. The quantitative estimate of drug-likeness (QED) is 0.569. The Morgan fingerprint density at radius 3 is 1.12 bits per heavy atom. The summed E-state index contributed by atoms with van der Waals surface area (Å²) < 4.78 is 0.838. The summed E-state index contributed by atoms with van der Waals surface area (Å²) in [6, 6.07) is 0. The van der Waals surface area contributed by atoms with Crippen molar-refractivity contribution in [2.45, 2.75) is 64.9 Å². The molecule has 0 nitrogen and oxygen atoms in total. The van der Waals surface area contributed by atoms with E-state index < -0.39 is 0 Å². The van der Waals surface area contributed by atoms with Crippen molar-refractivity contribution in [3.63, 3.8) is 0 Å². The minimum atomic E-state index is 0.419. The zero-order valence-electron chi connectivity index (χ0n) is 12.4. The van der Waals surface area contributed by atoms with Gasteiger partial charge < -0.3 is 0 Å². The smallest absolute Gasteiger partial charge is 0.0126 e. The van der Waals surface area contributed by atoms with Crippen molar-refractivity contribution in [3.05, 3.63) is 0 Å². The summed E-state index contributed by atoms with van der Waals surface area (Å²) in [5.41, 5.74) is 0. The Balaban J connectivity index is 3.85. The van der Waals surface area contributed by atoms with E-state index in [0.29, 0.717) is 9.49 Å². The van der Waals surface area contributed by atoms with Crippen LogP contribution in [0.3, 0.4) is 0 Å². The lowest BCUT2D eigenvalue weighted by molar-refractivity contribution is 0.502. The third kappa shape index (κ3) is 5.86. The average molecular weight is 263 g/mol. The zero-order chi connectivity index (χ0) is 13.0. The summed E-state index contributed by atoms with van der Waals surface area (Å²) in [4.78, 5) is 0. The van der Waals surface area contributed by atoms with Crippen molar-refractivity contribution in [3.8, 4) is 0 Å². The molecule has 2 heteroatoms. The third-order valence-corrected chi connectivity index (χ3v) is 7.32. The fraction of sp³-hybridized carbons (Fsp3) is 1.00. The summed E-state index contributed by atoms with van der Waals surface area (Å²) in [6.07, 6.45) is 0. The van der Waals surface area contributed by atoms with Crippen LogP contribution in [0.1, 0.15) is 55.4 Å². The first-order valence-electron chi connectivity index (χ1n) is 6.37. The summed E-state index contributed by atoms with van der Waals surface area (Å²) >= 11 is 4.24. The second-order valence-corrected chi connectivity index (χ2v) is 9.71. The number of thioether (sulfide) groups is 2. The normalized spacial score (nSPS) is 13.9. The van der Waals surface area contributed by atoms with Crippen LogP contribution < -0.4 is 0 Å². The summed E-state index contributed by atoms with van der Waals surface area (Å²) in [6.45, 7) is 18.7. The average Bonchev–Trinajstić information content (AvgIpc) is 2.12. The molecule has 0 aromatic carbocycles. The first-order valence-corrected chi connectivity index (χ1v) is 8.34. The maximum Gasteiger partial charge on any atom is 0.0126 e. The van der Waals surface area contributed by atoms with Crippen molar-refractivity contribution in [1.29, 1.82) is 0 Å². The van der Waals surface area contributed by atoms with Crippen molar-refractivity contribution in [2.24, 2.45) is 11.8 Å². The van der Waals surface area contributed by atoms with Gasteiger partial charge >= 0.3 is 0 Å². The Kier molecular flexibility index (Phi) is 6.87. The van der Waals surface area contributed by atoms with Crippen LogP contribution in [0.15, 0.2) is 0 Å². The van der Waals surface area contributed by atoms with Gasteiger partial charge in [0.15, 0.2) is 0 Å². The number of rotatable bonds is 7. The van der Waals surface area contributed by atoms with Crippen LogP contribution >= 0.6 is 23.5 Å². The van der Waals surface area contributed by atoms with Gasteiger partial charge in [0.05, 0.1) is 0 Å². The molecule has 0 aliphatic rings. The molecule has 0 radical (unpaired) electrons. The van der Waals surface area contributed by atoms with E-state index in [9.17, 15) is 0 Å². The molecular weight excluding hydrogens is 232 g/mol. The van der Waals surface area contributed by atoms with Gasteiger partial charge in [0.2, 0.25) is 0 Å². The first-order chi connectivity index (χ1) is 7.09. The second-order valence-electron chi connectivity index (χ2n) is 6.21. The number of hydrogen-bond acceptors (Lipinski definition) is 2. The minimum Gasteiger partial charge on any atom is -0.155 e. The molecular formula is C14H30S2. The SMILES string of the molecule is CC(C)C(C)(C)SCCSC(C)(C)C(C)C. The highest BCUT2D eigenvalue weighted by atomic mass is 32.2. The highest BCUT2D eigenvalue weighted by Gasteiger charge is 2.25. The lowest BCUT2D eigenvalue weighted by atomic mass is 10.00. The van der Waals surface area contributed by atoms with Crippen LogP contribution in [-0.4, -0.2) is 21.0 Å². The first kappa shape index (κ1) is 16.7. The highest BCUT2D eigenvalue weighted by Crippen LogP contribution is 2.36. The van der Waals surface area contributed by atoms with Gasteiger partial charge in [-0.2, -0.15) is 23.5 Å². The molecule has 0 rings (SSSR count). The van der Waals surface area contributed by atoms with Gasteiger partial charge in [-0.25, -0.2) is 0 Å². The summed E-state index contributed by atoms with van der Waals surface area (Å²) in [7, 11) is 0. The fourth-order valence-electron chi connectivity index (χ4n) is 0.943. The topological polar surface area (TPSA) is 0 Å². The van der Waals surface area contributed by atoms with E-state index in [1.165, 1.54) is 11.5 Å². The lowest BCUT2D eigenvalue weighted by Crippen LogP contribution is -2.25. The van der Waals surface area contributed by atoms with E-state index in [1.54, 1.807) is 0 Å². The standard InChI is InChI=1S/C14H30S2/c1-11(2)13(5,6)15-9-10-16-14(7,8)12(3)4/h11-12H,9-10H2,1-8H3. The van der Waals surface area contributed by atoms with E-state index in [2.05, 4.69) is 78.9 Å². The van der Waals surface area contributed by atoms with Gasteiger partial charge in [-0.15, -0.1) is 0 Å². The Labute approximate surface area is 112 Å². The van der Waals surface area contributed by atoms with Crippen molar-refractivity contribution in [1.82, 2.24) is 0 Å². The second kappa shape index (κ2) is 6.58. The van der Waals surface area contributed by atoms with Crippen LogP contribution in [0.2, 0.25) is 0 Å². The number of hydrogen-bond donors (Lipinski definition) is 0. The molecule has 0 N–H and O–H groups in total. The monoisotopic (exact) mass is 262 g/mol. The maximum absolute atomic E-state index is 2.36. The largest absolute Gasteiger partial charge is 0.155 e. The lowest BCUT2D eigenvalue weighted by Gasteiger charge is -2.31. The molecule has 16 heavy (non-hydrogen) atoms. The van der Waals surface area contributed by atoms with Crippen LogP contribution in [-0.2, 0) is 0 Å². The molecule has 0 aliphatic heterocycles. The molecule has 0 fully saturated rings. The minimum absolute atomic E-state index is 0.419. The summed E-state index contributed by atoms with van der Waals surface area (Å²) in [5, 5.41) is 0. The van der Waals surface area contributed by atoms with Crippen molar-refractivity contribution < 1.29 is 0 Å². The van der Waals surface area contributed by atoms with Crippen molar-refractivity contribution >= 4 is 23.5 Å². The van der Waals surface area contributed by atoms with E-state index in [1.807, 2.05) is 0 Å². The van der Waals surface area contributed by atoms with Gasteiger partial charge in [0.25, 0.3) is 0 Å². The van der Waals surface area contributed by atoms with Gasteiger partial charge in [0.1, 0.15) is 0 Å². The van der Waals surface area contributed by atoms with E-state index in [0.717, 1.165) is 11.8 Å². The predicted octanol–water partition coefficient (Wildman–Crippen LogP) is 5.32. The van der Waals surface area contributed by atoms with Crippen molar-refractivity contribution in [2.75, 3.05) is 11.5 Å². The third-order valence-electron chi connectivity index (χ3n) is 3.81. The van der Waals surface area contributed by atoms with Crippen LogP contribution in [0, 0.1) is 11.8 Å². The van der Waals surface area contributed by atoms with E-state index in [-0.39, 0.29) is 0 Å². The van der Waals surface area contributed by atoms with Gasteiger partial charge in [-0.3, -0.25) is 0 Å². The molecule has 0 atom stereocenters. The Morgan fingerprint density at radius 2 is 0.938 bits per heavy atom. The maximum atomic E-state index is 2.36. The molecule has 0 amide bonds. The molecule has 98 valence electrons. The van der Waals surface area contributed by atoms with E-state index in [4.69, 9.17) is 0 Å². The molecule has 0 spiro atoms. The molecule has 0 aliphatic carbocycles. The zero-order valence-corrected chi connectivity index (χ0v) is 14.0. The van der Waals surface area contributed by atoms with Crippen LogP contribution in [0.4, 0.5) is 0 Å². The predicted molar refractivity (Wildman–Crippen MR) is 82.8 cm³/mol. The Bertz CT molecular complexity index is 171. The molecule has 0 aromatic heterocycles. The van der Waals surface area contributed by atoms with Crippen LogP contribution in [0.5, 0.6) is 0 Å². The molecule has 0 saturated carbocycles. The fourth-order valence-corrected chi connectivity index (χ4v) is 3.33. The molecule has 0 bridgehead atoms. The van der Waals surface area contributed by atoms with Crippen LogP contribution in [0.25, 0.3) is 0 Å². The molecule has 0 aromatic rings. The van der Waals surface area contributed by atoms with Gasteiger partial charge in [-0.1, -0.05) is 55.4 Å². The summed E-state index contributed by atoms with van der Waals surface area (Å²) in [5.74, 6) is 4.04. The molecule has 0 heterocycles. The van der Waals surface area contributed by atoms with Gasteiger partial charge in [-0.05, 0) is 11.8 Å². The Hall–Kier alpha value is 0.700. The van der Waals surface area contributed by atoms with Gasteiger partial charge in [0, 0.05) is 21.0 Å². The van der Waals surface area contributed by atoms with E-state index >= 15 is 0 Å². The molecule has 0 saturated heterocycles.